The van der Waals surface area contributed by atoms with Crippen molar-refractivity contribution in [3.05, 3.63) is 65.0 Å². The minimum absolute atomic E-state index is 0. The lowest BCUT2D eigenvalue weighted by atomic mass is 10.0. The van der Waals surface area contributed by atoms with Gasteiger partial charge in [-0.1, -0.05) is 37.3 Å². The van der Waals surface area contributed by atoms with E-state index in [9.17, 15) is 4.39 Å². The van der Waals surface area contributed by atoms with Crippen LogP contribution in [0.2, 0.25) is 0 Å². The van der Waals surface area contributed by atoms with Crippen molar-refractivity contribution >= 4 is 29.9 Å². The molecular formula is C21H27FIN3O2. The molecule has 152 valence electrons. The third kappa shape index (κ3) is 6.07. The molecule has 0 aliphatic carbocycles. The largest absolute Gasteiger partial charge is 0.467 e. The maximum atomic E-state index is 13.8. The van der Waals surface area contributed by atoms with Crippen molar-refractivity contribution in [2.24, 2.45) is 4.99 Å². The third-order valence-corrected chi connectivity index (χ3v) is 4.61. The van der Waals surface area contributed by atoms with Gasteiger partial charge in [0.25, 0.3) is 0 Å². The van der Waals surface area contributed by atoms with Crippen LogP contribution < -0.4 is 15.4 Å². The van der Waals surface area contributed by atoms with Crippen molar-refractivity contribution in [3.8, 4) is 5.75 Å². The summed E-state index contributed by atoms with van der Waals surface area (Å²) in [5, 5.41) is 6.62. The molecule has 0 bridgehead atoms. The highest BCUT2D eigenvalue weighted by molar-refractivity contribution is 14.0. The minimum Gasteiger partial charge on any atom is -0.467 e. The molecular weight excluding hydrogens is 472 g/mol. The van der Waals surface area contributed by atoms with Crippen LogP contribution in [0.25, 0.3) is 0 Å². The molecule has 2 aromatic carbocycles. The molecule has 7 heteroatoms. The summed E-state index contributed by atoms with van der Waals surface area (Å²) in [5.41, 5.74) is 2.88. The molecule has 1 aliphatic rings. The first-order valence-corrected chi connectivity index (χ1v) is 9.18. The molecule has 28 heavy (non-hydrogen) atoms. The Hall–Kier alpha value is -1.87. The molecule has 0 amide bonds. The van der Waals surface area contributed by atoms with E-state index >= 15 is 0 Å². The molecule has 1 atom stereocenters. The zero-order chi connectivity index (χ0) is 19.1. The van der Waals surface area contributed by atoms with E-state index in [0.29, 0.717) is 25.5 Å². The van der Waals surface area contributed by atoms with Crippen LogP contribution in [-0.4, -0.2) is 32.9 Å². The fraction of sp³-hybridized carbons (Fsp3) is 0.381. The maximum Gasteiger partial charge on any atom is 0.191 e. The van der Waals surface area contributed by atoms with Crippen molar-refractivity contribution in [3.63, 3.8) is 0 Å². The summed E-state index contributed by atoms with van der Waals surface area (Å²) in [7, 11) is 1.74. The van der Waals surface area contributed by atoms with Crippen LogP contribution in [0.1, 0.15) is 29.5 Å². The lowest BCUT2D eigenvalue weighted by molar-refractivity contribution is -0.0172. The molecule has 0 fully saturated rings. The second-order valence-corrected chi connectivity index (χ2v) is 6.61. The molecule has 1 heterocycles. The topological polar surface area (TPSA) is 54.9 Å². The monoisotopic (exact) mass is 499 g/mol. The van der Waals surface area contributed by atoms with Gasteiger partial charge < -0.3 is 20.1 Å². The first-order valence-electron chi connectivity index (χ1n) is 9.18. The number of nitrogens with one attached hydrogen (secondary N) is 2. The number of aliphatic imine (C=N–C) groups is 1. The van der Waals surface area contributed by atoms with E-state index < -0.39 is 0 Å². The highest BCUT2D eigenvalue weighted by Crippen LogP contribution is 2.29. The highest BCUT2D eigenvalue weighted by Gasteiger charge is 2.16. The number of benzene rings is 2. The molecule has 3 rings (SSSR count). The van der Waals surface area contributed by atoms with E-state index in [1.165, 1.54) is 17.7 Å². The van der Waals surface area contributed by atoms with Gasteiger partial charge in [0.2, 0.25) is 0 Å². The van der Waals surface area contributed by atoms with E-state index in [4.69, 9.17) is 9.47 Å². The quantitative estimate of drug-likeness (QED) is 0.361. The lowest BCUT2D eigenvalue weighted by Crippen LogP contribution is -2.40. The number of nitrogens with zero attached hydrogens (tertiary/aromatic N) is 1. The summed E-state index contributed by atoms with van der Waals surface area (Å²) >= 11 is 0. The molecule has 2 aromatic rings. The molecule has 0 saturated carbocycles. The van der Waals surface area contributed by atoms with Crippen LogP contribution >= 0.6 is 24.0 Å². The first-order chi connectivity index (χ1) is 13.2. The molecule has 1 unspecified atom stereocenters. The molecule has 0 radical (unpaired) electrons. The predicted octanol–water partition coefficient (Wildman–Crippen LogP) is 3.82. The van der Waals surface area contributed by atoms with Crippen molar-refractivity contribution in [2.75, 3.05) is 26.9 Å². The van der Waals surface area contributed by atoms with Gasteiger partial charge in [-0.05, 0) is 35.6 Å². The van der Waals surface area contributed by atoms with Crippen molar-refractivity contribution in [1.82, 2.24) is 10.6 Å². The summed E-state index contributed by atoms with van der Waals surface area (Å²) in [5.74, 6) is 1.57. The standard InChI is InChI=1S/C21H26FN3O2.HI/c1-15(16-6-4-3-5-7-16)12-25-21(23-2)24-9-8-17-10-19(22)11-18-13-26-14-27-20(17)18;/h3-7,10-11,15H,8-9,12-14H2,1-2H3,(H2,23,24,25);1H. The van der Waals surface area contributed by atoms with E-state index in [1.807, 2.05) is 18.2 Å². The average Bonchev–Trinajstić information content (AvgIpc) is 2.70. The Bertz CT molecular complexity index is 787. The van der Waals surface area contributed by atoms with E-state index in [0.717, 1.165) is 29.4 Å². The average molecular weight is 499 g/mol. The Morgan fingerprint density at radius 3 is 2.75 bits per heavy atom. The number of ether oxygens (including phenoxy) is 2. The van der Waals surface area contributed by atoms with Gasteiger partial charge in [0, 0.05) is 25.7 Å². The number of hydrogen-bond acceptors (Lipinski definition) is 3. The van der Waals surface area contributed by atoms with Crippen molar-refractivity contribution in [1.29, 1.82) is 0 Å². The van der Waals surface area contributed by atoms with Gasteiger partial charge in [-0.25, -0.2) is 4.39 Å². The van der Waals surface area contributed by atoms with Gasteiger partial charge >= 0.3 is 0 Å². The second-order valence-electron chi connectivity index (χ2n) is 6.61. The zero-order valence-corrected chi connectivity index (χ0v) is 18.5. The summed E-state index contributed by atoms with van der Waals surface area (Å²) in [6, 6.07) is 13.4. The van der Waals surface area contributed by atoms with Crippen LogP contribution in [0, 0.1) is 5.82 Å². The zero-order valence-electron chi connectivity index (χ0n) is 16.2. The first kappa shape index (κ1) is 22.4. The maximum absolute atomic E-state index is 13.8. The Balaban J connectivity index is 0.00000280. The summed E-state index contributed by atoms with van der Waals surface area (Å²) in [6.07, 6.45) is 0.634. The Morgan fingerprint density at radius 2 is 2.00 bits per heavy atom. The molecule has 5 nitrogen and oxygen atoms in total. The van der Waals surface area contributed by atoms with Crippen LogP contribution in [-0.2, 0) is 17.8 Å². The predicted molar refractivity (Wildman–Crippen MR) is 120 cm³/mol. The van der Waals surface area contributed by atoms with E-state index in [1.54, 1.807) is 7.05 Å². The Morgan fingerprint density at radius 1 is 1.21 bits per heavy atom. The van der Waals surface area contributed by atoms with Gasteiger partial charge in [0.05, 0.1) is 6.61 Å². The number of halogens is 2. The Kier molecular flexibility index (Phi) is 8.98. The fourth-order valence-corrected chi connectivity index (χ4v) is 3.13. The molecule has 0 aromatic heterocycles. The number of hydrogen-bond donors (Lipinski definition) is 2. The van der Waals surface area contributed by atoms with Crippen molar-refractivity contribution in [2.45, 2.75) is 25.9 Å². The van der Waals surface area contributed by atoms with Gasteiger partial charge in [0.1, 0.15) is 11.6 Å². The Labute approximate surface area is 182 Å². The van der Waals surface area contributed by atoms with Crippen LogP contribution in [0.15, 0.2) is 47.5 Å². The second kappa shape index (κ2) is 11.2. The number of fused-ring (bicyclic) bond motifs is 1. The van der Waals surface area contributed by atoms with E-state index in [-0.39, 0.29) is 36.6 Å². The van der Waals surface area contributed by atoms with Gasteiger partial charge in [-0.2, -0.15) is 0 Å². The normalized spacial score (nSPS) is 14.3. The van der Waals surface area contributed by atoms with Crippen LogP contribution in [0.3, 0.4) is 0 Å². The minimum atomic E-state index is -0.267. The third-order valence-electron chi connectivity index (χ3n) is 4.61. The van der Waals surface area contributed by atoms with Crippen molar-refractivity contribution < 1.29 is 13.9 Å². The summed E-state index contributed by atoms with van der Waals surface area (Å²) < 4.78 is 24.6. The smallest absolute Gasteiger partial charge is 0.191 e. The lowest BCUT2D eigenvalue weighted by Gasteiger charge is -2.21. The summed E-state index contributed by atoms with van der Waals surface area (Å²) in [4.78, 5) is 4.26. The summed E-state index contributed by atoms with van der Waals surface area (Å²) in [6.45, 7) is 4.17. The van der Waals surface area contributed by atoms with Crippen LogP contribution in [0.4, 0.5) is 4.39 Å². The number of rotatable bonds is 6. The van der Waals surface area contributed by atoms with Crippen LogP contribution in [0.5, 0.6) is 5.75 Å². The SMILES string of the molecule is CN=C(NCCc1cc(F)cc2c1OCOC2)NCC(C)c1ccccc1.I. The highest BCUT2D eigenvalue weighted by atomic mass is 127. The molecule has 2 N–H and O–H groups in total. The van der Waals surface area contributed by atoms with Gasteiger partial charge in [-0.15, -0.1) is 24.0 Å². The van der Waals surface area contributed by atoms with E-state index in [2.05, 4.69) is 34.7 Å². The number of guanidine groups is 1. The molecule has 1 aliphatic heterocycles. The molecule has 0 saturated heterocycles. The molecule has 0 spiro atoms. The van der Waals surface area contributed by atoms with Gasteiger partial charge in [0.15, 0.2) is 12.8 Å². The fourth-order valence-electron chi connectivity index (χ4n) is 3.13. The van der Waals surface area contributed by atoms with Gasteiger partial charge in [-0.3, -0.25) is 4.99 Å².